The van der Waals surface area contributed by atoms with E-state index < -0.39 is 24.3 Å². The minimum atomic E-state index is -0.923. The molecule has 3 N–H and O–H groups in total. The molecular weight excluding hydrogens is 574 g/mol. The Morgan fingerprint density at radius 2 is 1.38 bits per heavy atom. The van der Waals surface area contributed by atoms with Gasteiger partial charge in [0.2, 0.25) is 0 Å². The Bertz CT molecular complexity index is 602. The summed E-state index contributed by atoms with van der Waals surface area (Å²) in [7, 11) is 5.77. The number of carbonyl (C=O) groups is 2. The number of nitrogens with one attached hydrogen (secondary N) is 1. The number of amides is 1. The molecule has 0 spiro atoms. The van der Waals surface area contributed by atoms with Crippen LogP contribution in [0, 0.1) is 0 Å². The van der Waals surface area contributed by atoms with Gasteiger partial charge in [0, 0.05) is 58.3 Å². The summed E-state index contributed by atoms with van der Waals surface area (Å²) in [5.74, 6) is -0.569. The maximum Gasteiger partial charge on any atom is 0.306 e. The second-order valence-corrected chi connectivity index (χ2v) is 10.6. The molecule has 4 atom stereocenters. The second-order valence-electron chi connectivity index (χ2n) is 10.6. The van der Waals surface area contributed by atoms with Crippen LogP contribution in [0.2, 0.25) is 0 Å². The first-order valence-corrected chi connectivity index (χ1v) is 15.2. The van der Waals surface area contributed by atoms with Gasteiger partial charge < -0.3 is 29.7 Å². The van der Waals surface area contributed by atoms with Crippen LogP contribution in [0.15, 0.2) is 0 Å². The summed E-state index contributed by atoms with van der Waals surface area (Å²) < 4.78 is 15.9. The van der Waals surface area contributed by atoms with E-state index in [1.807, 2.05) is 0 Å². The number of rotatable bonds is 25. The van der Waals surface area contributed by atoms with E-state index in [1.165, 1.54) is 64.2 Å². The second kappa shape index (κ2) is 26.8. The smallest absolute Gasteiger partial charge is 0.306 e. The van der Waals surface area contributed by atoms with Crippen LogP contribution in [-0.4, -0.2) is 80.6 Å². The average Bonchev–Trinajstić information content (AvgIpc) is 3.19. The van der Waals surface area contributed by atoms with Gasteiger partial charge in [-0.3, -0.25) is 9.59 Å². The van der Waals surface area contributed by atoms with Gasteiger partial charge >= 0.3 is 5.97 Å². The van der Waals surface area contributed by atoms with Gasteiger partial charge in [0.25, 0.3) is 5.91 Å². The molecule has 8 nitrogen and oxygen atoms in total. The van der Waals surface area contributed by atoms with Gasteiger partial charge in [0.15, 0.2) is 6.61 Å². The number of hydrogen-bond donors (Lipinski definition) is 3. The van der Waals surface area contributed by atoms with Crippen molar-refractivity contribution in [2.75, 3.05) is 26.4 Å². The van der Waals surface area contributed by atoms with Crippen LogP contribution in [-0.2, 0) is 56.5 Å². The van der Waals surface area contributed by atoms with Gasteiger partial charge in [-0.2, -0.15) is 0 Å². The van der Waals surface area contributed by atoms with Crippen LogP contribution >= 0.6 is 0 Å². The molecule has 0 aromatic heterocycles. The van der Waals surface area contributed by atoms with E-state index in [0.717, 1.165) is 44.9 Å². The first-order valence-electron chi connectivity index (χ1n) is 15.2. The normalized spacial score (nSPS) is 20.5. The van der Waals surface area contributed by atoms with E-state index in [9.17, 15) is 14.7 Å². The molecule has 0 aromatic carbocycles. The van der Waals surface area contributed by atoms with Crippen molar-refractivity contribution in [3.63, 3.8) is 0 Å². The molecule has 1 amide bonds. The Labute approximate surface area is 263 Å². The van der Waals surface area contributed by atoms with Gasteiger partial charge in [0.1, 0.15) is 26.2 Å². The molecule has 1 aliphatic rings. The monoisotopic (exact) mass is 628 g/mol. The molecule has 1 heterocycles. The minimum Gasteiger partial charge on any atom is -0.456 e. The Morgan fingerprint density at radius 3 is 1.95 bits per heavy atom. The molecule has 0 aromatic rings. The first-order chi connectivity index (χ1) is 18.5. The zero-order chi connectivity index (χ0) is 27.8. The van der Waals surface area contributed by atoms with Crippen LogP contribution < -0.4 is 5.32 Å². The quantitative estimate of drug-likeness (QED) is 0.0785. The zero-order valence-corrected chi connectivity index (χ0v) is 27.3. The topological polar surface area (TPSA) is 114 Å². The van der Waals surface area contributed by atoms with E-state index in [-0.39, 0.29) is 57.8 Å². The summed E-state index contributed by atoms with van der Waals surface area (Å²) in [5.41, 5.74) is 0. The molecule has 0 saturated carbocycles. The van der Waals surface area contributed by atoms with Crippen LogP contribution in [0.25, 0.3) is 0 Å². The fraction of sp³-hybridized carbons (Fsp3) is 0.931. The number of carbonyl (C=O) groups excluding carboxylic acids is 2. The zero-order valence-electron chi connectivity index (χ0n) is 24.5. The predicted molar refractivity (Wildman–Crippen MR) is 150 cm³/mol. The third kappa shape index (κ3) is 20.5. The summed E-state index contributed by atoms with van der Waals surface area (Å²) in [6, 6.07) is -0.735. The summed E-state index contributed by atoms with van der Waals surface area (Å²) in [5, 5.41) is 21.9. The van der Waals surface area contributed by atoms with Crippen LogP contribution in [0.5, 0.6) is 0 Å². The average molecular weight is 628 g/mol. The van der Waals surface area contributed by atoms with E-state index in [4.69, 9.17) is 27.2 Å². The van der Waals surface area contributed by atoms with Crippen molar-refractivity contribution in [1.29, 1.82) is 0 Å². The summed E-state index contributed by atoms with van der Waals surface area (Å²) in [6.07, 6.45) is 18.0. The number of aliphatic hydroxyl groups excluding tert-OH is 2. The molecule has 10 heteroatoms. The van der Waals surface area contributed by atoms with Crippen molar-refractivity contribution in [3.05, 3.63) is 0 Å². The Kier molecular flexibility index (Phi) is 26.8. The van der Waals surface area contributed by atoms with Crippen molar-refractivity contribution < 1.29 is 66.7 Å². The summed E-state index contributed by atoms with van der Waals surface area (Å²) >= 11 is 0. The van der Waals surface area contributed by atoms with Gasteiger partial charge in [-0.1, -0.05) is 96.8 Å². The van der Waals surface area contributed by atoms with Crippen molar-refractivity contribution in [1.82, 2.24) is 5.32 Å². The third-order valence-corrected chi connectivity index (χ3v) is 7.11. The number of hydrogen-bond acceptors (Lipinski definition) is 7. The van der Waals surface area contributed by atoms with Gasteiger partial charge in [-0.15, -0.1) is 0 Å². The van der Waals surface area contributed by atoms with Crippen molar-refractivity contribution in [2.45, 2.75) is 147 Å². The molecule has 1 rings (SSSR count). The number of unbranched alkanes of at least 4 members (excludes halogenated alkanes) is 15. The Hall–Kier alpha value is -0.0512. The van der Waals surface area contributed by atoms with Crippen LogP contribution in [0.4, 0.5) is 0 Å². The first kappa shape index (κ1) is 38.9. The molecule has 223 valence electrons. The Morgan fingerprint density at radius 1 is 0.846 bits per heavy atom. The number of aliphatic hydroxyl groups is 2. The number of ether oxygens (including phenoxy) is 3. The van der Waals surface area contributed by atoms with Crippen LogP contribution in [0.1, 0.15) is 122 Å². The van der Waals surface area contributed by atoms with E-state index >= 15 is 0 Å². The maximum absolute atomic E-state index is 11.9. The molecule has 1 fully saturated rings. The Balaban J connectivity index is 0.0000144. The summed E-state index contributed by atoms with van der Waals surface area (Å²) in [4.78, 5) is 23.7. The molecule has 0 aliphatic carbocycles. The van der Waals surface area contributed by atoms with Crippen molar-refractivity contribution >= 4 is 19.7 Å². The van der Waals surface area contributed by atoms with Gasteiger partial charge in [-0.05, 0) is 19.3 Å². The van der Waals surface area contributed by atoms with Crippen molar-refractivity contribution in [2.24, 2.45) is 0 Å². The minimum absolute atomic E-state index is 0. The number of esters is 1. The van der Waals surface area contributed by atoms with E-state index in [1.54, 1.807) is 0 Å². The maximum atomic E-state index is 11.9. The van der Waals surface area contributed by atoms with Crippen LogP contribution in [0.3, 0.4) is 0 Å². The molecule has 4 unspecified atom stereocenters. The predicted octanol–water partition coefficient (Wildman–Crippen LogP) is 4.32. The fourth-order valence-electron chi connectivity index (χ4n) is 4.69. The summed E-state index contributed by atoms with van der Waals surface area (Å²) in [6.45, 7) is 2.72. The molecule has 0 bridgehead atoms. The SMILES string of the molecule is [B]C1OC(CO)C(O)C1OCCCCCCNC(=O)COC(=O)CCCCCCCCCCCCCCC.[Y]. The molecule has 3 radical (unpaired) electrons. The van der Waals surface area contributed by atoms with Gasteiger partial charge in [-0.25, -0.2) is 0 Å². The largest absolute Gasteiger partial charge is 0.456 e. The third-order valence-electron chi connectivity index (χ3n) is 7.11. The standard InChI is InChI=1S/C29H54BNO7.Y/c1-2-3-4-5-6-7-8-9-10-11-12-13-16-19-26(34)37-23-25(33)31-20-17-14-15-18-21-36-28-27(35)24(22-32)38-29(28)30;/h24,27-29,32,35H,2-23H2,1H3,(H,31,33);. The fourth-order valence-corrected chi connectivity index (χ4v) is 4.69. The molecular formula is C29H54BNO7Y. The van der Waals surface area contributed by atoms with E-state index in [0.29, 0.717) is 19.6 Å². The molecule has 1 aliphatic heterocycles. The molecule has 39 heavy (non-hydrogen) atoms. The van der Waals surface area contributed by atoms with Crippen molar-refractivity contribution in [3.8, 4) is 0 Å². The van der Waals surface area contributed by atoms with Gasteiger partial charge in [0.05, 0.1) is 6.61 Å². The van der Waals surface area contributed by atoms with E-state index in [2.05, 4.69) is 12.2 Å². The molecule has 1 saturated heterocycles.